The summed E-state index contributed by atoms with van der Waals surface area (Å²) in [6, 6.07) is 0. The molecule has 18 heavy (non-hydrogen) atoms. The maximum atomic E-state index is 12.7. The van der Waals surface area contributed by atoms with E-state index in [1.54, 1.807) is 0 Å². The fraction of sp³-hybridized carbons (Fsp3) is 0.846. The van der Waals surface area contributed by atoms with Gasteiger partial charge in [0, 0.05) is 5.54 Å². The largest absolute Gasteiger partial charge is 0.480 e. The smallest absolute Gasteiger partial charge is 0.323 e. The molecule has 0 aromatic carbocycles. The van der Waals surface area contributed by atoms with Crippen LogP contribution in [0.5, 0.6) is 0 Å². The van der Waals surface area contributed by atoms with Gasteiger partial charge in [0.05, 0.1) is 5.54 Å². The second-order valence-corrected chi connectivity index (χ2v) is 5.92. The van der Waals surface area contributed by atoms with Gasteiger partial charge in [-0.3, -0.25) is 9.59 Å². The number of rotatable bonds is 4. The molecule has 1 atom stereocenters. The molecule has 104 valence electrons. The van der Waals surface area contributed by atoms with Crippen molar-refractivity contribution in [1.29, 1.82) is 0 Å². The van der Waals surface area contributed by atoms with Crippen LogP contribution in [0.2, 0.25) is 0 Å². The van der Waals surface area contributed by atoms with Crippen LogP contribution in [-0.2, 0) is 9.59 Å². The molecule has 1 saturated heterocycles. The van der Waals surface area contributed by atoms with Crippen LogP contribution in [0, 0.1) is 0 Å². The maximum absolute atomic E-state index is 12.7. The van der Waals surface area contributed by atoms with Crippen LogP contribution in [0.25, 0.3) is 0 Å². The number of carbonyl (C=O) groups is 2. The van der Waals surface area contributed by atoms with E-state index in [9.17, 15) is 9.59 Å². The van der Waals surface area contributed by atoms with Gasteiger partial charge in [0.25, 0.3) is 0 Å². The van der Waals surface area contributed by atoms with E-state index in [0.29, 0.717) is 6.42 Å². The van der Waals surface area contributed by atoms with Crippen LogP contribution in [0.3, 0.4) is 0 Å². The average Bonchev–Trinajstić information content (AvgIpc) is 2.73. The van der Waals surface area contributed by atoms with Crippen molar-refractivity contribution < 1.29 is 14.7 Å². The summed E-state index contributed by atoms with van der Waals surface area (Å²) in [6.45, 7) is 8.15. The summed E-state index contributed by atoms with van der Waals surface area (Å²) in [5.41, 5.74) is -1.05. The minimum absolute atomic E-state index is 0.0857. The van der Waals surface area contributed by atoms with Crippen molar-refractivity contribution in [3.8, 4) is 0 Å². The highest BCUT2D eigenvalue weighted by Crippen LogP contribution is 2.28. The Balaban J connectivity index is 2.98. The van der Waals surface area contributed by atoms with Gasteiger partial charge in [-0.15, -0.1) is 0 Å². The molecular weight excluding hydrogens is 232 g/mol. The molecule has 1 aliphatic heterocycles. The van der Waals surface area contributed by atoms with E-state index >= 15 is 0 Å². The highest BCUT2D eigenvalue weighted by molar-refractivity contribution is 5.89. The Morgan fingerprint density at radius 1 is 1.39 bits per heavy atom. The van der Waals surface area contributed by atoms with Crippen LogP contribution in [0.15, 0.2) is 0 Å². The van der Waals surface area contributed by atoms with E-state index in [-0.39, 0.29) is 12.5 Å². The van der Waals surface area contributed by atoms with Crippen LogP contribution in [0.1, 0.15) is 47.0 Å². The first-order chi connectivity index (χ1) is 8.23. The lowest BCUT2D eigenvalue weighted by Gasteiger charge is -2.40. The molecule has 1 heterocycles. The second-order valence-electron chi connectivity index (χ2n) is 5.92. The van der Waals surface area contributed by atoms with Gasteiger partial charge in [-0.2, -0.15) is 0 Å². The molecule has 1 unspecified atom stereocenters. The summed E-state index contributed by atoms with van der Waals surface area (Å²) < 4.78 is 0. The lowest BCUT2D eigenvalue weighted by molar-refractivity contribution is -0.152. The number of nitrogens with one attached hydrogen (secondary N) is 1. The molecule has 0 bridgehead atoms. The van der Waals surface area contributed by atoms with Gasteiger partial charge in [0.1, 0.15) is 6.54 Å². The first-order valence-electron chi connectivity index (χ1n) is 6.52. The van der Waals surface area contributed by atoms with E-state index in [2.05, 4.69) is 5.32 Å². The molecule has 0 radical (unpaired) electrons. The monoisotopic (exact) mass is 256 g/mol. The zero-order valence-electron chi connectivity index (χ0n) is 11.7. The Morgan fingerprint density at radius 3 is 2.33 bits per heavy atom. The Kier molecular flexibility index (Phi) is 4.37. The Labute approximate surface area is 109 Å². The molecule has 1 rings (SSSR count). The molecule has 1 fully saturated rings. The molecule has 1 amide bonds. The highest BCUT2D eigenvalue weighted by atomic mass is 16.4. The number of hydrogen-bond acceptors (Lipinski definition) is 3. The molecule has 0 aromatic rings. The summed E-state index contributed by atoms with van der Waals surface area (Å²) in [5, 5.41) is 12.2. The molecule has 0 saturated carbocycles. The topological polar surface area (TPSA) is 69.6 Å². The highest BCUT2D eigenvalue weighted by Gasteiger charge is 2.44. The van der Waals surface area contributed by atoms with Crippen molar-refractivity contribution in [2.24, 2.45) is 0 Å². The summed E-state index contributed by atoms with van der Waals surface area (Å²) >= 11 is 0. The van der Waals surface area contributed by atoms with Crippen LogP contribution in [0.4, 0.5) is 0 Å². The second kappa shape index (κ2) is 5.26. The van der Waals surface area contributed by atoms with E-state index in [0.717, 1.165) is 19.4 Å². The van der Waals surface area contributed by atoms with Crippen molar-refractivity contribution in [3.63, 3.8) is 0 Å². The van der Waals surface area contributed by atoms with Gasteiger partial charge in [-0.25, -0.2) is 0 Å². The minimum Gasteiger partial charge on any atom is -0.480 e. The van der Waals surface area contributed by atoms with Crippen LogP contribution < -0.4 is 5.32 Å². The Morgan fingerprint density at radius 2 is 2.00 bits per heavy atom. The summed E-state index contributed by atoms with van der Waals surface area (Å²) in [7, 11) is 0. The van der Waals surface area contributed by atoms with Gasteiger partial charge in [0.15, 0.2) is 0 Å². The van der Waals surface area contributed by atoms with E-state index in [4.69, 9.17) is 5.11 Å². The number of carbonyl (C=O) groups excluding carboxylic acids is 1. The normalized spacial score (nSPS) is 24.0. The minimum atomic E-state index is -0.970. The molecule has 5 nitrogen and oxygen atoms in total. The number of carboxylic acid groups (broad SMARTS) is 1. The quantitative estimate of drug-likeness (QED) is 0.793. The number of carboxylic acids is 1. The Bertz CT molecular complexity index is 328. The zero-order valence-corrected chi connectivity index (χ0v) is 11.7. The number of hydrogen-bond donors (Lipinski definition) is 2. The van der Waals surface area contributed by atoms with E-state index in [1.807, 2.05) is 27.7 Å². The fourth-order valence-electron chi connectivity index (χ4n) is 2.45. The SMILES string of the molecule is CCC1(C(=O)N(CC(=O)O)C(C)(C)C)CCCN1. The van der Waals surface area contributed by atoms with E-state index < -0.39 is 17.0 Å². The van der Waals surface area contributed by atoms with Gasteiger partial charge in [-0.1, -0.05) is 6.92 Å². The Hall–Kier alpha value is -1.10. The molecule has 0 aromatic heterocycles. The van der Waals surface area contributed by atoms with Crippen LogP contribution in [-0.4, -0.2) is 46.1 Å². The third-order valence-corrected chi connectivity index (χ3v) is 3.60. The predicted octanol–water partition coefficient (Wildman–Crippen LogP) is 1.23. The van der Waals surface area contributed by atoms with Crippen molar-refractivity contribution in [2.45, 2.75) is 58.0 Å². The van der Waals surface area contributed by atoms with Gasteiger partial charge in [0.2, 0.25) is 5.91 Å². The lowest BCUT2D eigenvalue weighted by atomic mass is 9.90. The zero-order chi connectivity index (χ0) is 14.0. The van der Waals surface area contributed by atoms with Crippen LogP contribution >= 0.6 is 0 Å². The number of aliphatic carboxylic acids is 1. The predicted molar refractivity (Wildman–Crippen MR) is 69.4 cm³/mol. The van der Waals surface area contributed by atoms with Crippen molar-refractivity contribution in [1.82, 2.24) is 10.2 Å². The van der Waals surface area contributed by atoms with Crippen molar-refractivity contribution in [2.75, 3.05) is 13.1 Å². The number of amides is 1. The van der Waals surface area contributed by atoms with Crippen molar-refractivity contribution in [3.05, 3.63) is 0 Å². The third kappa shape index (κ3) is 3.02. The summed E-state index contributed by atoms with van der Waals surface area (Å²) in [6.07, 6.45) is 2.44. The maximum Gasteiger partial charge on any atom is 0.323 e. The van der Waals surface area contributed by atoms with Gasteiger partial charge >= 0.3 is 5.97 Å². The first-order valence-corrected chi connectivity index (χ1v) is 6.52. The van der Waals surface area contributed by atoms with Gasteiger partial charge < -0.3 is 15.3 Å². The lowest BCUT2D eigenvalue weighted by Crippen LogP contribution is -2.60. The molecule has 0 aliphatic carbocycles. The summed E-state index contributed by atoms with van der Waals surface area (Å²) in [5.74, 6) is -1.06. The average molecular weight is 256 g/mol. The molecule has 2 N–H and O–H groups in total. The van der Waals surface area contributed by atoms with E-state index in [1.165, 1.54) is 4.90 Å². The summed E-state index contributed by atoms with van der Waals surface area (Å²) in [4.78, 5) is 25.1. The molecule has 5 heteroatoms. The van der Waals surface area contributed by atoms with Gasteiger partial charge in [-0.05, 0) is 46.6 Å². The number of nitrogens with zero attached hydrogens (tertiary/aromatic N) is 1. The molecule has 1 aliphatic rings. The molecule has 0 spiro atoms. The first kappa shape index (κ1) is 15.0. The third-order valence-electron chi connectivity index (χ3n) is 3.60. The fourth-order valence-corrected chi connectivity index (χ4v) is 2.45. The standard InChI is InChI=1S/C13H24N2O3/c1-5-13(7-6-8-14-13)11(18)15(9-10(16)17)12(2,3)4/h14H,5-9H2,1-4H3,(H,16,17). The van der Waals surface area contributed by atoms with Crippen molar-refractivity contribution >= 4 is 11.9 Å². The molecular formula is C13H24N2O3.